The molecule has 1 N–H and O–H groups in total. The van der Waals surface area contributed by atoms with Crippen LogP contribution in [0.15, 0.2) is 42.5 Å². The Hall–Kier alpha value is -4.58. The molecule has 0 unspecified atom stereocenters. The standard InChI is InChI=1S/C27H24FN5O3/c1-15-18(4)33(13-19-5-8-21(28)9-6-19)26(22(15)12-29)32-25(34)14-36-27(35)20-7-10-23-24(11-20)31-17(3)16(2)30-23/h5-11H,13-14H2,1-4H3,(H,32,34). The molecule has 0 radical (unpaired) electrons. The highest BCUT2D eigenvalue weighted by Crippen LogP contribution is 2.27. The average Bonchev–Trinajstić information content (AvgIpc) is 3.07. The van der Waals surface area contributed by atoms with Crippen molar-refractivity contribution in [2.45, 2.75) is 34.2 Å². The van der Waals surface area contributed by atoms with Crippen LogP contribution in [0.25, 0.3) is 11.0 Å². The number of ether oxygens (including phenoxy) is 1. The van der Waals surface area contributed by atoms with E-state index in [4.69, 9.17) is 4.74 Å². The van der Waals surface area contributed by atoms with Gasteiger partial charge in [0.05, 0.1) is 33.5 Å². The Balaban J connectivity index is 1.49. The Bertz CT molecular complexity index is 1530. The van der Waals surface area contributed by atoms with E-state index < -0.39 is 18.5 Å². The van der Waals surface area contributed by atoms with Gasteiger partial charge in [-0.25, -0.2) is 19.2 Å². The number of anilines is 1. The fourth-order valence-electron chi connectivity index (χ4n) is 3.84. The third-order valence-corrected chi connectivity index (χ3v) is 6.10. The SMILES string of the molecule is Cc1nc2ccc(C(=O)OCC(=O)Nc3c(C#N)c(C)c(C)n3Cc3ccc(F)cc3)cc2nc1C. The Morgan fingerprint density at radius 3 is 2.36 bits per heavy atom. The largest absolute Gasteiger partial charge is 0.452 e. The third-order valence-electron chi connectivity index (χ3n) is 6.10. The molecule has 2 aromatic carbocycles. The minimum Gasteiger partial charge on any atom is -0.452 e. The van der Waals surface area contributed by atoms with Crippen molar-refractivity contribution in [3.63, 3.8) is 0 Å². The molecule has 182 valence electrons. The summed E-state index contributed by atoms with van der Waals surface area (Å²) < 4.78 is 20.3. The first-order valence-electron chi connectivity index (χ1n) is 11.2. The number of carbonyl (C=O) groups is 2. The highest BCUT2D eigenvalue weighted by Gasteiger charge is 2.21. The number of esters is 1. The molecule has 0 bridgehead atoms. The maximum atomic E-state index is 13.3. The van der Waals surface area contributed by atoms with E-state index in [9.17, 15) is 19.2 Å². The predicted molar refractivity (Wildman–Crippen MR) is 132 cm³/mol. The highest BCUT2D eigenvalue weighted by molar-refractivity contribution is 5.97. The first kappa shape index (κ1) is 24.5. The van der Waals surface area contributed by atoms with Gasteiger partial charge in [0, 0.05) is 12.2 Å². The summed E-state index contributed by atoms with van der Waals surface area (Å²) in [7, 11) is 0. The number of aryl methyl sites for hydroxylation is 2. The second-order valence-electron chi connectivity index (χ2n) is 8.48. The smallest absolute Gasteiger partial charge is 0.338 e. The van der Waals surface area contributed by atoms with Crippen LogP contribution in [-0.4, -0.2) is 33.0 Å². The Morgan fingerprint density at radius 1 is 1.03 bits per heavy atom. The molecule has 8 nitrogen and oxygen atoms in total. The monoisotopic (exact) mass is 485 g/mol. The van der Waals surface area contributed by atoms with Crippen LogP contribution in [-0.2, 0) is 16.1 Å². The quantitative estimate of drug-likeness (QED) is 0.402. The number of halogens is 1. The normalized spacial score (nSPS) is 10.8. The second kappa shape index (κ2) is 9.96. The van der Waals surface area contributed by atoms with Crippen molar-refractivity contribution in [2.24, 2.45) is 0 Å². The molecule has 0 fully saturated rings. The van der Waals surface area contributed by atoms with Gasteiger partial charge in [0.1, 0.15) is 17.7 Å². The predicted octanol–water partition coefficient (Wildman–Crippen LogP) is 4.52. The van der Waals surface area contributed by atoms with Crippen molar-refractivity contribution in [3.8, 4) is 6.07 Å². The van der Waals surface area contributed by atoms with Crippen LogP contribution in [0.1, 0.15) is 44.1 Å². The number of aromatic nitrogens is 3. The lowest BCUT2D eigenvalue weighted by Crippen LogP contribution is -2.23. The van der Waals surface area contributed by atoms with E-state index in [0.717, 1.165) is 28.2 Å². The van der Waals surface area contributed by atoms with Gasteiger partial charge in [-0.05, 0) is 69.2 Å². The molecule has 0 saturated carbocycles. The van der Waals surface area contributed by atoms with Gasteiger partial charge >= 0.3 is 5.97 Å². The van der Waals surface area contributed by atoms with Gasteiger partial charge in [-0.1, -0.05) is 12.1 Å². The van der Waals surface area contributed by atoms with Gasteiger partial charge in [-0.3, -0.25) is 4.79 Å². The van der Waals surface area contributed by atoms with E-state index >= 15 is 0 Å². The molecule has 2 aromatic heterocycles. The summed E-state index contributed by atoms with van der Waals surface area (Å²) in [6.07, 6.45) is 0. The number of carbonyl (C=O) groups excluding carboxylic acids is 2. The number of rotatable bonds is 6. The number of hydrogen-bond acceptors (Lipinski definition) is 6. The first-order valence-corrected chi connectivity index (χ1v) is 11.2. The summed E-state index contributed by atoms with van der Waals surface area (Å²) in [6.45, 7) is 7.10. The van der Waals surface area contributed by atoms with E-state index in [-0.39, 0.29) is 11.4 Å². The number of amides is 1. The summed E-state index contributed by atoms with van der Waals surface area (Å²) in [4.78, 5) is 34.2. The zero-order chi connectivity index (χ0) is 26.0. The fraction of sp³-hybridized carbons (Fsp3) is 0.222. The minimum atomic E-state index is -0.679. The molecule has 4 aromatic rings. The Labute approximate surface area is 207 Å². The molecule has 0 aliphatic heterocycles. The minimum absolute atomic E-state index is 0.247. The van der Waals surface area contributed by atoms with Crippen molar-refractivity contribution in [3.05, 3.63) is 87.6 Å². The van der Waals surface area contributed by atoms with Crippen LogP contribution in [0.2, 0.25) is 0 Å². The lowest BCUT2D eigenvalue weighted by atomic mass is 10.2. The molecule has 4 rings (SSSR count). The fourth-order valence-corrected chi connectivity index (χ4v) is 3.84. The van der Waals surface area contributed by atoms with Crippen LogP contribution in [0.5, 0.6) is 0 Å². The van der Waals surface area contributed by atoms with Crippen LogP contribution in [0.4, 0.5) is 10.2 Å². The zero-order valence-electron chi connectivity index (χ0n) is 20.3. The molecule has 36 heavy (non-hydrogen) atoms. The molecule has 9 heteroatoms. The zero-order valence-corrected chi connectivity index (χ0v) is 20.3. The van der Waals surface area contributed by atoms with Crippen molar-refractivity contribution >= 4 is 28.7 Å². The van der Waals surface area contributed by atoms with Crippen LogP contribution >= 0.6 is 0 Å². The van der Waals surface area contributed by atoms with Gasteiger partial charge in [-0.2, -0.15) is 5.26 Å². The molecular formula is C27H24FN5O3. The van der Waals surface area contributed by atoms with Crippen LogP contribution in [0.3, 0.4) is 0 Å². The van der Waals surface area contributed by atoms with Gasteiger partial charge in [0.25, 0.3) is 5.91 Å². The number of nitrogens with one attached hydrogen (secondary N) is 1. The number of nitriles is 1. The van der Waals surface area contributed by atoms with Crippen molar-refractivity contribution in [1.29, 1.82) is 5.26 Å². The molecule has 0 saturated heterocycles. The summed E-state index contributed by atoms with van der Waals surface area (Å²) in [6, 6.07) is 12.9. The lowest BCUT2D eigenvalue weighted by Gasteiger charge is -2.13. The van der Waals surface area contributed by atoms with Gasteiger partial charge < -0.3 is 14.6 Å². The van der Waals surface area contributed by atoms with E-state index in [1.807, 2.05) is 20.8 Å². The number of fused-ring (bicyclic) bond motifs is 1. The summed E-state index contributed by atoms with van der Waals surface area (Å²) >= 11 is 0. The van der Waals surface area contributed by atoms with E-state index in [1.165, 1.54) is 12.1 Å². The van der Waals surface area contributed by atoms with Crippen molar-refractivity contribution in [1.82, 2.24) is 14.5 Å². The average molecular weight is 486 g/mol. The van der Waals surface area contributed by atoms with E-state index in [2.05, 4.69) is 21.4 Å². The van der Waals surface area contributed by atoms with Crippen molar-refractivity contribution in [2.75, 3.05) is 11.9 Å². The summed E-state index contributed by atoms with van der Waals surface area (Å²) in [5, 5.41) is 12.4. The molecule has 0 aliphatic carbocycles. The third kappa shape index (κ3) is 4.93. The Morgan fingerprint density at radius 2 is 1.69 bits per heavy atom. The van der Waals surface area contributed by atoms with Gasteiger partial charge in [0.15, 0.2) is 6.61 Å². The van der Waals surface area contributed by atoms with Crippen LogP contribution < -0.4 is 5.32 Å². The Kier molecular flexibility index (Phi) is 6.79. The molecule has 0 atom stereocenters. The number of nitrogens with zero attached hydrogens (tertiary/aromatic N) is 4. The maximum absolute atomic E-state index is 13.3. The number of benzene rings is 2. The maximum Gasteiger partial charge on any atom is 0.338 e. The topological polar surface area (TPSA) is 110 Å². The molecular weight excluding hydrogens is 461 g/mol. The second-order valence-corrected chi connectivity index (χ2v) is 8.48. The molecule has 0 spiro atoms. The van der Waals surface area contributed by atoms with Gasteiger partial charge in [-0.15, -0.1) is 0 Å². The molecule has 1 amide bonds. The summed E-state index contributed by atoms with van der Waals surface area (Å²) in [5.74, 6) is -1.33. The van der Waals surface area contributed by atoms with E-state index in [0.29, 0.717) is 29.0 Å². The van der Waals surface area contributed by atoms with Gasteiger partial charge in [0.2, 0.25) is 0 Å². The summed E-state index contributed by atoms with van der Waals surface area (Å²) in [5.41, 5.74) is 5.64. The van der Waals surface area contributed by atoms with Crippen LogP contribution in [0, 0.1) is 44.8 Å². The molecule has 2 heterocycles. The number of hydrogen-bond donors (Lipinski definition) is 1. The molecule has 0 aliphatic rings. The highest BCUT2D eigenvalue weighted by atomic mass is 19.1. The first-order chi connectivity index (χ1) is 17.2. The lowest BCUT2D eigenvalue weighted by molar-refractivity contribution is -0.119. The van der Waals surface area contributed by atoms with E-state index in [1.54, 1.807) is 41.8 Å². The van der Waals surface area contributed by atoms with Crippen molar-refractivity contribution < 1.29 is 18.7 Å².